The highest BCUT2D eigenvalue weighted by Gasteiger charge is 2.27. The van der Waals surface area contributed by atoms with E-state index in [1.54, 1.807) is 34.8 Å². The van der Waals surface area contributed by atoms with Crippen molar-refractivity contribution in [3.63, 3.8) is 0 Å². The van der Waals surface area contributed by atoms with E-state index in [0.717, 1.165) is 64.2 Å². The van der Waals surface area contributed by atoms with E-state index in [4.69, 9.17) is 4.74 Å². The van der Waals surface area contributed by atoms with Crippen LogP contribution in [0.1, 0.15) is 21.6 Å². The summed E-state index contributed by atoms with van der Waals surface area (Å²) in [6.45, 7) is 2.64. The molecule has 0 amide bonds. The number of methoxy groups -OCH3 is 1. The third-order valence-electron chi connectivity index (χ3n) is 7.34. The normalized spacial score (nSPS) is 13.6. The minimum atomic E-state index is -0.0261. The van der Waals surface area contributed by atoms with Gasteiger partial charge in [-0.05, 0) is 47.4 Å². The first-order valence-corrected chi connectivity index (χ1v) is 15.0. The number of aromatic nitrogens is 4. The summed E-state index contributed by atoms with van der Waals surface area (Å²) >= 11 is 3.33. The lowest BCUT2D eigenvalue weighted by Crippen LogP contribution is -2.30. The highest BCUT2D eigenvalue weighted by molar-refractivity contribution is 7.98. The van der Waals surface area contributed by atoms with Gasteiger partial charge in [0.2, 0.25) is 5.78 Å². The van der Waals surface area contributed by atoms with Crippen LogP contribution in [0.15, 0.2) is 94.9 Å². The van der Waals surface area contributed by atoms with Gasteiger partial charge in [0.1, 0.15) is 10.6 Å². The number of para-hydroxylation sites is 1. The molecule has 4 heterocycles. The van der Waals surface area contributed by atoms with Crippen molar-refractivity contribution in [1.82, 2.24) is 24.1 Å². The summed E-state index contributed by atoms with van der Waals surface area (Å²) in [5, 5.41) is 10.7. The fraction of sp³-hybridized carbons (Fsp3) is 0.194. The lowest BCUT2D eigenvalue weighted by Gasteiger charge is -2.26. The molecule has 0 saturated heterocycles. The Balaban J connectivity index is 1.33. The van der Waals surface area contributed by atoms with E-state index in [9.17, 15) is 4.79 Å². The number of thioether (sulfide) groups is 1. The first-order chi connectivity index (χ1) is 19.7. The zero-order valence-corrected chi connectivity index (χ0v) is 23.6. The summed E-state index contributed by atoms with van der Waals surface area (Å²) < 4.78 is 9.11. The van der Waals surface area contributed by atoms with Gasteiger partial charge in [-0.15, -0.1) is 21.5 Å². The summed E-state index contributed by atoms with van der Waals surface area (Å²) in [6.07, 6.45) is 0.841. The summed E-state index contributed by atoms with van der Waals surface area (Å²) in [5.41, 5.74) is 4.40. The second kappa shape index (κ2) is 10.6. The fourth-order valence-corrected chi connectivity index (χ4v) is 7.68. The Morgan fingerprint density at radius 1 is 0.925 bits per heavy atom. The Morgan fingerprint density at radius 3 is 2.42 bits per heavy atom. The zero-order valence-electron chi connectivity index (χ0n) is 22.0. The molecular formula is C31H27N5O2S2. The van der Waals surface area contributed by atoms with Gasteiger partial charge in [-0.25, -0.2) is 8.97 Å². The minimum Gasteiger partial charge on any atom is -0.497 e. The smallest absolute Gasteiger partial charge is 0.268 e. The van der Waals surface area contributed by atoms with Crippen molar-refractivity contribution < 1.29 is 4.74 Å². The molecular weight excluding hydrogens is 539 g/mol. The summed E-state index contributed by atoms with van der Waals surface area (Å²) in [6, 6.07) is 28.4. The van der Waals surface area contributed by atoms with E-state index in [2.05, 4.69) is 62.0 Å². The highest BCUT2D eigenvalue weighted by atomic mass is 32.2. The molecule has 3 aromatic heterocycles. The van der Waals surface area contributed by atoms with Crippen LogP contribution in [-0.4, -0.2) is 37.7 Å². The Hall–Kier alpha value is -3.92. The first-order valence-electron chi connectivity index (χ1n) is 13.2. The van der Waals surface area contributed by atoms with Crippen LogP contribution < -0.4 is 10.3 Å². The van der Waals surface area contributed by atoms with E-state index >= 15 is 0 Å². The van der Waals surface area contributed by atoms with E-state index in [0.29, 0.717) is 5.78 Å². The van der Waals surface area contributed by atoms with E-state index < -0.39 is 0 Å². The van der Waals surface area contributed by atoms with Crippen molar-refractivity contribution in [2.45, 2.75) is 30.4 Å². The Bertz CT molecular complexity index is 1860. The molecule has 0 saturated carbocycles. The number of rotatable bonds is 7. The first kappa shape index (κ1) is 25.1. The molecule has 0 fully saturated rings. The minimum absolute atomic E-state index is 0.0261. The van der Waals surface area contributed by atoms with E-state index in [1.807, 2.05) is 42.5 Å². The predicted molar refractivity (Wildman–Crippen MR) is 161 cm³/mol. The maximum absolute atomic E-state index is 14.2. The Kier molecular flexibility index (Phi) is 6.63. The van der Waals surface area contributed by atoms with Gasteiger partial charge in [-0.1, -0.05) is 72.4 Å². The average molecular weight is 566 g/mol. The standard InChI is InChI=1S/C31H27N5O2S2/c1-38-24-14-12-22(13-15-24)20-39-31-33-32-30-35(23-10-6-3-7-11-23)28(37)27-25-16-17-34(18-21-8-4-2-5-9-21)19-26(25)40-29(27)36(30)31/h2-15H,16-20H2,1H3. The van der Waals surface area contributed by atoms with Crippen LogP contribution >= 0.6 is 23.1 Å². The third kappa shape index (κ3) is 4.50. The third-order valence-corrected chi connectivity index (χ3v) is 9.55. The number of ether oxygens (including phenoxy) is 1. The fourth-order valence-electron chi connectivity index (χ4n) is 5.36. The molecule has 0 atom stereocenters. The predicted octanol–water partition coefficient (Wildman–Crippen LogP) is 5.95. The molecule has 1 aliphatic heterocycles. The molecule has 0 N–H and O–H groups in total. The number of fused-ring (bicyclic) bond motifs is 5. The zero-order chi connectivity index (χ0) is 27.1. The number of thiophene rings is 1. The lowest BCUT2D eigenvalue weighted by molar-refractivity contribution is 0.249. The van der Waals surface area contributed by atoms with Crippen molar-refractivity contribution in [2.24, 2.45) is 0 Å². The second-order valence-electron chi connectivity index (χ2n) is 9.86. The number of benzene rings is 3. The molecule has 0 radical (unpaired) electrons. The van der Waals surface area contributed by atoms with E-state index in [1.165, 1.54) is 16.0 Å². The molecule has 0 aliphatic carbocycles. The molecule has 0 bridgehead atoms. The van der Waals surface area contributed by atoms with Crippen LogP contribution in [0.2, 0.25) is 0 Å². The van der Waals surface area contributed by atoms with Crippen molar-refractivity contribution in [3.8, 4) is 11.4 Å². The molecule has 6 aromatic rings. The average Bonchev–Trinajstić information content (AvgIpc) is 3.59. The Labute approximate surface area is 239 Å². The van der Waals surface area contributed by atoms with Crippen LogP contribution in [0.25, 0.3) is 21.7 Å². The topological polar surface area (TPSA) is 64.7 Å². The number of hydrogen-bond donors (Lipinski definition) is 0. The van der Waals surface area contributed by atoms with Crippen LogP contribution in [0.5, 0.6) is 5.75 Å². The van der Waals surface area contributed by atoms with Gasteiger partial charge >= 0.3 is 0 Å². The summed E-state index contributed by atoms with van der Waals surface area (Å²) in [7, 11) is 1.67. The summed E-state index contributed by atoms with van der Waals surface area (Å²) in [4.78, 5) is 18.8. The van der Waals surface area contributed by atoms with Crippen molar-refractivity contribution in [1.29, 1.82) is 0 Å². The van der Waals surface area contributed by atoms with Gasteiger partial charge in [0, 0.05) is 30.3 Å². The van der Waals surface area contributed by atoms with Crippen molar-refractivity contribution >= 4 is 39.1 Å². The van der Waals surface area contributed by atoms with Gasteiger partial charge in [0.25, 0.3) is 5.56 Å². The van der Waals surface area contributed by atoms with Gasteiger partial charge in [0.05, 0.1) is 18.2 Å². The molecule has 1 aliphatic rings. The van der Waals surface area contributed by atoms with Crippen LogP contribution in [0.3, 0.4) is 0 Å². The van der Waals surface area contributed by atoms with Crippen LogP contribution in [0.4, 0.5) is 0 Å². The van der Waals surface area contributed by atoms with Gasteiger partial charge in [-0.3, -0.25) is 9.69 Å². The molecule has 7 nitrogen and oxygen atoms in total. The van der Waals surface area contributed by atoms with E-state index in [-0.39, 0.29) is 5.56 Å². The Morgan fingerprint density at radius 2 is 1.68 bits per heavy atom. The second-order valence-corrected chi connectivity index (χ2v) is 11.9. The lowest BCUT2D eigenvalue weighted by atomic mass is 10.0. The van der Waals surface area contributed by atoms with Gasteiger partial charge in [0.15, 0.2) is 5.16 Å². The van der Waals surface area contributed by atoms with Crippen molar-refractivity contribution in [2.75, 3.05) is 13.7 Å². The molecule has 0 unspecified atom stereocenters. The SMILES string of the molecule is COc1ccc(CSc2nnc3n(-c4ccccc4)c(=O)c4c5c(sc4n23)CN(Cc2ccccc2)CC5)cc1. The van der Waals surface area contributed by atoms with Crippen LogP contribution in [-0.2, 0) is 25.3 Å². The highest BCUT2D eigenvalue weighted by Crippen LogP contribution is 2.36. The van der Waals surface area contributed by atoms with Crippen LogP contribution in [0, 0.1) is 0 Å². The van der Waals surface area contributed by atoms with Gasteiger partial charge < -0.3 is 4.74 Å². The van der Waals surface area contributed by atoms with Crippen molar-refractivity contribution in [3.05, 3.63) is 117 Å². The maximum Gasteiger partial charge on any atom is 0.268 e. The number of nitrogens with zero attached hydrogens (tertiary/aromatic N) is 5. The monoisotopic (exact) mass is 565 g/mol. The molecule has 3 aromatic carbocycles. The maximum atomic E-state index is 14.2. The number of hydrogen-bond acceptors (Lipinski definition) is 7. The molecule has 40 heavy (non-hydrogen) atoms. The molecule has 0 spiro atoms. The molecule has 9 heteroatoms. The molecule has 7 rings (SSSR count). The summed E-state index contributed by atoms with van der Waals surface area (Å²) in [5.74, 6) is 2.11. The van der Waals surface area contributed by atoms with Gasteiger partial charge in [-0.2, -0.15) is 0 Å². The molecule has 200 valence electrons. The quantitative estimate of drug-likeness (QED) is 0.223. The largest absolute Gasteiger partial charge is 0.497 e.